The largest absolute Gasteiger partial charge is 0.469 e. The van der Waals surface area contributed by atoms with Crippen molar-refractivity contribution in [3.05, 3.63) is 60.2 Å². The van der Waals surface area contributed by atoms with Gasteiger partial charge in [-0.3, -0.25) is 14.4 Å². The molecule has 1 saturated heterocycles. The number of hydrogen-bond acceptors (Lipinski definition) is 6. The molecule has 33 heavy (non-hydrogen) atoms. The number of nitrogens with zero attached hydrogens (tertiary/aromatic N) is 1. The minimum atomic E-state index is -3.84. The lowest BCUT2D eigenvalue weighted by molar-refractivity contribution is -0.141. The third-order valence-corrected chi connectivity index (χ3v) is 7.33. The predicted octanol–water partition coefficient (Wildman–Crippen LogP) is 2.22. The molecule has 1 unspecified atom stereocenters. The van der Waals surface area contributed by atoms with Crippen LogP contribution in [-0.4, -0.2) is 50.2 Å². The van der Waals surface area contributed by atoms with Gasteiger partial charge in [-0.05, 0) is 42.7 Å². The van der Waals surface area contributed by atoms with Crippen LogP contribution in [0.2, 0.25) is 0 Å². The van der Waals surface area contributed by atoms with Crippen LogP contribution in [0, 0.1) is 0 Å². The topological polar surface area (TPSA) is 122 Å². The summed E-state index contributed by atoms with van der Waals surface area (Å²) < 4.78 is 32.2. The maximum atomic E-state index is 13.2. The first-order valence-electron chi connectivity index (χ1n) is 10.5. The van der Waals surface area contributed by atoms with Crippen molar-refractivity contribution in [3.63, 3.8) is 0 Å². The predicted molar refractivity (Wildman–Crippen MR) is 122 cm³/mol. The number of carbonyl (C=O) groups excluding carboxylic acids is 3. The molecule has 2 N–H and O–H groups in total. The van der Waals surface area contributed by atoms with Gasteiger partial charge in [0.15, 0.2) is 0 Å². The first-order chi connectivity index (χ1) is 15.7. The minimum Gasteiger partial charge on any atom is -0.469 e. The Morgan fingerprint density at radius 3 is 2.36 bits per heavy atom. The average molecular weight is 474 g/mol. The quantitative estimate of drug-likeness (QED) is 0.567. The Kier molecular flexibility index (Phi) is 7.83. The zero-order valence-corrected chi connectivity index (χ0v) is 19.3. The Hall–Kier alpha value is -3.24. The summed E-state index contributed by atoms with van der Waals surface area (Å²) in [6.45, 7) is 1.63. The van der Waals surface area contributed by atoms with Crippen LogP contribution in [0.5, 0.6) is 0 Å². The number of nitrogens with one attached hydrogen (secondary N) is 2. The molecule has 3 rings (SSSR count). The third kappa shape index (κ3) is 5.96. The zero-order chi connectivity index (χ0) is 24.0. The summed E-state index contributed by atoms with van der Waals surface area (Å²) in [5.41, 5.74) is 1.20. The molecule has 1 aliphatic rings. The van der Waals surface area contributed by atoms with Gasteiger partial charge in [0.1, 0.15) is 6.04 Å². The summed E-state index contributed by atoms with van der Waals surface area (Å²) in [6, 6.07) is 13.1. The van der Waals surface area contributed by atoms with E-state index in [2.05, 4.69) is 10.6 Å². The Balaban J connectivity index is 1.81. The van der Waals surface area contributed by atoms with Gasteiger partial charge in [0.05, 0.1) is 24.5 Å². The number of rotatable bonds is 8. The number of ether oxygens (including phenoxy) is 1. The molecule has 9 nitrogen and oxygen atoms in total. The monoisotopic (exact) mass is 473 g/mol. The van der Waals surface area contributed by atoms with Gasteiger partial charge in [-0.1, -0.05) is 30.3 Å². The van der Waals surface area contributed by atoms with E-state index in [1.54, 1.807) is 42.5 Å². The van der Waals surface area contributed by atoms with Crippen LogP contribution in [0.4, 0.5) is 5.69 Å². The van der Waals surface area contributed by atoms with E-state index in [0.29, 0.717) is 24.1 Å². The van der Waals surface area contributed by atoms with Crippen molar-refractivity contribution < 1.29 is 27.5 Å². The van der Waals surface area contributed by atoms with Crippen LogP contribution in [0.1, 0.15) is 37.8 Å². The fourth-order valence-corrected chi connectivity index (χ4v) is 5.47. The molecule has 1 aliphatic heterocycles. The molecule has 0 radical (unpaired) electrons. The molecule has 1 heterocycles. The highest BCUT2D eigenvalue weighted by Gasteiger charge is 2.40. The Morgan fingerprint density at radius 1 is 1.09 bits per heavy atom. The number of sulfonamides is 1. The molecule has 0 saturated carbocycles. The van der Waals surface area contributed by atoms with Crippen molar-refractivity contribution in [2.75, 3.05) is 19.0 Å². The first kappa shape index (κ1) is 24.4. The second-order valence-corrected chi connectivity index (χ2v) is 9.62. The average Bonchev–Trinajstić information content (AvgIpc) is 3.30. The van der Waals surface area contributed by atoms with E-state index in [1.807, 2.05) is 0 Å². The Morgan fingerprint density at radius 2 is 1.76 bits per heavy atom. The molecule has 0 bridgehead atoms. The number of hydrogen-bond donors (Lipinski definition) is 2. The van der Waals surface area contributed by atoms with E-state index < -0.39 is 34.0 Å². The van der Waals surface area contributed by atoms with Gasteiger partial charge >= 0.3 is 5.97 Å². The zero-order valence-electron chi connectivity index (χ0n) is 18.5. The van der Waals surface area contributed by atoms with Gasteiger partial charge in [-0.15, -0.1) is 0 Å². The van der Waals surface area contributed by atoms with Crippen molar-refractivity contribution in [2.45, 2.75) is 43.2 Å². The van der Waals surface area contributed by atoms with E-state index in [0.717, 1.165) is 0 Å². The maximum Gasteiger partial charge on any atom is 0.307 e. The van der Waals surface area contributed by atoms with Crippen LogP contribution in [0.25, 0.3) is 0 Å². The van der Waals surface area contributed by atoms with Crippen LogP contribution in [0.15, 0.2) is 59.5 Å². The molecule has 2 aromatic carbocycles. The molecule has 1 fully saturated rings. The van der Waals surface area contributed by atoms with Crippen LogP contribution in [-0.2, 0) is 29.1 Å². The SMILES string of the molecule is COC(=O)CC(NC(=O)[C@@H]1CCCN1S(=O)(=O)c1ccccc1)c1ccc(NC(C)=O)cc1. The molecule has 0 spiro atoms. The van der Waals surface area contributed by atoms with E-state index in [4.69, 9.17) is 4.74 Å². The molecule has 2 aromatic rings. The maximum absolute atomic E-state index is 13.2. The molecule has 0 aliphatic carbocycles. The van der Waals surface area contributed by atoms with Crippen molar-refractivity contribution in [1.82, 2.24) is 9.62 Å². The third-order valence-electron chi connectivity index (χ3n) is 5.40. The molecular weight excluding hydrogens is 446 g/mol. The molecular formula is C23H27N3O6S. The molecule has 2 amide bonds. The second kappa shape index (κ2) is 10.6. The lowest BCUT2D eigenvalue weighted by Crippen LogP contribution is -2.47. The summed E-state index contributed by atoms with van der Waals surface area (Å²) in [5.74, 6) is -1.22. The van der Waals surface area contributed by atoms with Crippen molar-refractivity contribution in [2.24, 2.45) is 0 Å². The molecule has 0 aromatic heterocycles. The molecule has 2 atom stereocenters. The summed E-state index contributed by atoms with van der Waals surface area (Å²) in [7, 11) is -2.58. The normalized spacial score (nSPS) is 17.2. The fourth-order valence-electron chi connectivity index (χ4n) is 3.79. The van der Waals surface area contributed by atoms with Crippen molar-refractivity contribution >= 4 is 33.5 Å². The number of benzene rings is 2. The van der Waals surface area contributed by atoms with Crippen LogP contribution < -0.4 is 10.6 Å². The highest BCUT2D eigenvalue weighted by Crippen LogP contribution is 2.27. The van der Waals surface area contributed by atoms with E-state index in [1.165, 1.54) is 30.5 Å². The van der Waals surface area contributed by atoms with E-state index in [-0.39, 0.29) is 23.8 Å². The van der Waals surface area contributed by atoms with Gasteiger partial charge in [0.2, 0.25) is 21.8 Å². The Labute approximate surface area is 193 Å². The van der Waals surface area contributed by atoms with Crippen LogP contribution in [0.3, 0.4) is 0 Å². The van der Waals surface area contributed by atoms with Gasteiger partial charge in [-0.25, -0.2) is 8.42 Å². The number of carbonyl (C=O) groups is 3. The number of anilines is 1. The van der Waals surface area contributed by atoms with E-state index in [9.17, 15) is 22.8 Å². The summed E-state index contributed by atoms with van der Waals surface area (Å²) in [4.78, 5) is 36.5. The van der Waals surface area contributed by atoms with Crippen molar-refractivity contribution in [1.29, 1.82) is 0 Å². The fraction of sp³-hybridized carbons (Fsp3) is 0.348. The highest BCUT2D eigenvalue weighted by molar-refractivity contribution is 7.89. The lowest BCUT2D eigenvalue weighted by atomic mass is 10.0. The summed E-state index contributed by atoms with van der Waals surface area (Å²) in [6.07, 6.45) is 0.807. The standard InChI is InChI=1S/C23H27N3O6S/c1-16(27)24-18-12-10-17(11-13-18)20(15-22(28)32-2)25-23(29)21-9-6-14-26(21)33(30,31)19-7-4-3-5-8-19/h3-5,7-8,10-13,20-21H,6,9,14-15H2,1-2H3,(H,24,27)(H,25,29)/t20?,21-/m0/s1. The summed E-state index contributed by atoms with van der Waals surface area (Å²) >= 11 is 0. The molecule has 176 valence electrons. The highest BCUT2D eigenvalue weighted by atomic mass is 32.2. The number of amides is 2. The van der Waals surface area contributed by atoms with Gasteiger partial charge in [0.25, 0.3) is 0 Å². The second-order valence-electron chi connectivity index (χ2n) is 7.73. The van der Waals surface area contributed by atoms with Gasteiger partial charge in [0, 0.05) is 19.2 Å². The molecule has 10 heteroatoms. The van der Waals surface area contributed by atoms with Gasteiger partial charge in [-0.2, -0.15) is 4.31 Å². The smallest absolute Gasteiger partial charge is 0.307 e. The lowest BCUT2D eigenvalue weighted by Gasteiger charge is -2.26. The van der Waals surface area contributed by atoms with Gasteiger partial charge < -0.3 is 15.4 Å². The Bertz CT molecular complexity index is 1100. The summed E-state index contributed by atoms with van der Waals surface area (Å²) in [5, 5.41) is 5.48. The van der Waals surface area contributed by atoms with Crippen LogP contribution >= 0.6 is 0 Å². The minimum absolute atomic E-state index is 0.125. The number of esters is 1. The number of methoxy groups -OCH3 is 1. The first-order valence-corrected chi connectivity index (χ1v) is 12.0. The van der Waals surface area contributed by atoms with E-state index >= 15 is 0 Å². The van der Waals surface area contributed by atoms with Crippen molar-refractivity contribution in [3.8, 4) is 0 Å².